The van der Waals surface area contributed by atoms with Crippen molar-refractivity contribution in [1.29, 1.82) is 5.41 Å². The maximum Gasteiger partial charge on any atom is 0.123 e. The number of nitrogens with two attached hydrogens (primary N) is 1. The van der Waals surface area contributed by atoms with Gasteiger partial charge in [-0.2, -0.15) is 0 Å². The lowest BCUT2D eigenvalue weighted by atomic mass is 10.1. The maximum atomic E-state index is 7.51. The van der Waals surface area contributed by atoms with E-state index in [1.165, 1.54) is 5.56 Å². The molecule has 0 aliphatic carbocycles. The first kappa shape index (κ1) is 13.3. The van der Waals surface area contributed by atoms with Crippen molar-refractivity contribution in [3.8, 4) is 0 Å². The Hall–Kier alpha value is -2.13. The van der Waals surface area contributed by atoms with Crippen LogP contribution in [0.4, 0.5) is 0 Å². The Morgan fingerprint density at radius 1 is 1.00 bits per heavy atom. The van der Waals surface area contributed by atoms with Gasteiger partial charge in [0.1, 0.15) is 5.84 Å². The third-order valence-electron chi connectivity index (χ3n) is 2.94. The molecule has 98 valence electrons. The second-order valence-corrected chi connectivity index (χ2v) is 4.36. The summed E-state index contributed by atoms with van der Waals surface area (Å²) < 4.78 is 5.66. The topological polar surface area (TPSA) is 59.1 Å². The Balaban J connectivity index is 1.85. The molecule has 0 unspecified atom stereocenters. The number of nitrogen functional groups attached to an aromatic ring is 1. The summed E-state index contributed by atoms with van der Waals surface area (Å²) in [7, 11) is 0. The smallest absolute Gasteiger partial charge is 0.123 e. The predicted molar refractivity (Wildman–Crippen MR) is 77.3 cm³/mol. The molecule has 0 heterocycles. The molecule has 0 spiro atoms. The fourth-order valence-corrected chi connectivity index (χ4v) is 1.93. The van der Waals surface area contributed by atoms with Crippen LogP contribution in [-0.4, -0.2) is 12.4 Å². The van der Waals surface area contributed by atoms with Crippen LogP contribution in [0.3, 0.4) is 0 Å². The number of rotatable bonds is 6. The zero-order chi connectivity index (χ0) is 13.5. The SMILES string of the molecule is N=C(N)c1ccccc1COCCc1ccccc1. The van der Waals surface area contributed by atoms with Crippen molar-refractivity contribution in [1.82, 2.24) is 0 Å². The van der Waals surface area contributed by atoms with Crippen LogP contribution in [0.15, 0.2) is 54.6 Å². The average Bonchev–Trinajstić information content (AvgIpc) is 2.45. The van der Waals surface area contributed by atoms with Crippen molar-refractivity contribution >= 4 is 5.84 Å². The lowest BCUT2D eigenvalue weighted by Gasteiger charge is -2.09. The molecule has 0 saturated heterocycles. The molecule has 3 N–H and O–H groups in total. The zero-order valence-electron chi connectivity index (χ0n) is 10.8. The van der Waals surface area contributed by atoms with Gasteiger partial charge in [-0.1, -0.05) is 54.6 Å². The second-order valence-electron chi connectivity index (χ2n) is 4.36. The second kappa shape index (κ2) is 6.71. The van der Waals surface area contributed by atoms with Gasteiger partial charge in [0.2, 0.25) is 0 Å². The van der Waals surface area contributed by atoms with Crippen molar-refractivity contribution in [3.05, 3.63) is 71.3 Å². The van der Waals surface area contributed by atoms with Crippen LogP contribution < -0.4 is 5.73 Å². The van der Waals surface area contributed by atoms with Gasteiger partial charge in [0.15, 0.2) is 0 Å². The van der Waals surface area contributed by atoms with E-state index in [1.54, 1.807) is 0 Å². The fraction of sp³-hybridized carbons (Fsp3) is 0.188. The van der Waals surface area contributed by atoms with Crippen LogP contribution in [0.2, 0.25) is 0 Å². The Labute approximate surface area is 113 Å². The van der Waals surface area contributed by atoms with E-state index in [1.807, 2.05) is 42.5 Å². The van der Waals surface area contributed by atoms with Gasteiger partial charge >= 0.3 is 0 Å². The molecular formula is C16H18N2O. The molecule has 0 bridgehead atoms. The maximum absolute atomic E-state index is 7.51. The first-order valence-corrected chi connectivity index (χ1v) is 6.31. The summed E-state index contributed by atoms with van der Waals surface area (Å²) in [5.41, 5.74) is 8.52. The standard InChI is InChI=1S/C16H18N2O/c17-16(18)15-9-5-4-8-14(15)12-19-11-10-13-6-2-1-3-7-13/h1-9H,10-12H2,(H3,17,18). The van der Waals surface area contributed by atoms with E-state index >= 15 is 0 Å². The summed E-state index contributed by atoms with van der Waals surface area (Å²) in [5, 5.41) is 7.51. The van der Waals surface area contributed by atoms with Crippen LogP contribution in [-0.2, 0) is 17.8 Å². The highest BCUT2D eigenvalue weighted by atomic mass is 16.5. The van der Waals surface area contributed by atoms with Crippen molar-refractivity contribution in [2.75, 3.05) is 6.61 Å². The minimum atomic E-state index is 0.0854. The first-order chi connectivity index (χ1) is 9.27. The molecule has 0 saturated carbocycles. The Morgan fingerprint density at radius 2 is 1.68 bits per heavy atom. The van der Waals surface area contributed by atoms with Crippen LogP contribution in [0.5, 0.6) is 0 Å². The van der Waals surface area contributed by atoms with E-state index in [4.69, 9.17) is 15.9 Å². The van der Waals surface area contributed by atoms with Crippen molar-refractivity contribution in [2.45, 2.75) is 13.0 Å². The summed E-state index contributed by atoms with van der Waals surface area (Å²) in [5.74, 6) is 0.0854. The summed E-state index contributed by atoms with van der Waals surface area (Å²) >= 11 is 0. The molecular weight excluding hydrogens is 236 g/mol. The number of ether oxygens (including phenoxy) is 1. The van der Waals surface area contributed by atoms with E-state index < -0.39 is 0 Å². The van der Waals surface area contributed by atoms with Crippen LogP contribution in [0, 0.1) is 5.41 Å². The third-order valence-corrected chi connectivity index (χ3v) is 2.94. The van der Waals surface area contributed by atoms with Gasteiger partial charge < -0.3 is 10.5 Å². The summed E-state index contributed by atoms with van der Waals surface area (Å²) in [6.45, 7) is 1.15. The molecule has 2 aromatic carbocycles. The van der Waals surface area contributed by atoms with Gasteiger partial charge in [0.25, 0.3) is 0 Å². The molecule has 19 heavy (non-hydrogen) atoms. The number of nitrogens with one attached hydrogen (secondary N) is 1. The minimum absolute atomic E-state index is 0.0854. The summed E-state index contributed by atoms with van der Waals surface area (Å²) in [6.07, 6.45) is 0.892. The molecule has 0 aliphatic heterocycles. The van der Waals surface area contributed by atoms with E-state index in [9.17, 15) is 0 Å². The highest BCUT2D eigenvalue weighted by Gasteiger charge is 2.04. The van der Waals surface area contributed by atoms with Gasteiger partial charge in [0, 0.05) is 5.56 Å². The molecule has 0 amide bonds. The van der Waals surface area contributed by atoms with Crippen molar-refractivity contribution in [3.63, 3.8) is 0 Å². The fourth-order valence-electron chi connectivity index (χ4n) is 1.93. The van der Waals surface area contributed by atoms with E-state index in [0.717, 1.165) is 17.5 Å². The van der Waals surface area contributed by atoms with E-state index in [0.29, 0.717) is 13.2 Å². The highest BCUT2D eigenvalue weighted by Crippen LogP contribution is 2.09. The lowest BCUT2D eigenvalue weighted by Crippen LogP contribution is -2.14. The quantitative estimate of drug-likeness (QED) is 0.473. The van der Waals surface area contributed by atoms with Gasteiger partial charge in [-0.05, 0) is 17.5 Å². The molecule has 3 heteroatoms. The minimum Gasteiger partial charge on any atom is -0.384 e. The average molecular weight is 254 g/mol. The molecule has 2 rings (SSSR count). The van der Waals surface area contributed by atoms with Gasteiger partial charge in [-0.15, -0.1) is 0 Å². The van der Waals surface area contributed by atoms with Crippen LogP contribution in [0.25, 0.3) is 0 Å². The molecule has 0 fully saturated rings. The van der Waals surface area contributed by atoms with Gasteiger partial charge in [0.05, 0.1) is 13.2 Å². The number of amidine groups is 1. The first-order valence-electron chi connectivity index (χ1n) is 6.31. The normalized spacial score (nSPS) is 10.3. The van der Waals surface area contributed by atoms with Gasteiger partial charge in [-0.3, -0.25) is 5.41 Å². The number of benzene rings is 2. The molecule has 0 atom stereocenters. The molecule has 0 aromatic heterocycles. The Morgan fingerprint density at radius 3 is 2.42 bits per heavy atom. The molecule has 0 radical (unpaired) electrons. The summed E-state index contributed by atoms with van der Waals surface area (Å²) in [6, 6.07) is 17.8. The Bertz CT molecular complexity index is 537. The highest BCUT2D eigenvalue weighted by molar-refractivity contribution is 5.96. The lowest BCUT2D eigenvalue weighted by molar-refractivity contribution is 0.123. The van der Waals surface area contributed by atoms with E-state index in [-0.39, 0.29) is 5.84 Å². The molecule has 0 aliphatic rings. The van der Waals surface area contributed by atoms with Gasteiger partial charge in [-0.25, -0.2) is 0 Å². The molecule has 2 aromatic rings. The zero-order valence-corrected chi connectivity index (χ0v) is 10.8. The number of hydrogen-bond acceptors (Lipinski definition) is 2. The predicted octanol–water partition coefficient (Wildman–Crippen LogP) is 2.73. The largest absolute Gasteiger partial charge is 0.384 e. The molecule has 3 nitrogen and oxygen atoms in total. The van der Waals surface area contributed by atoms with Crippen LogP contribution in [0.1, 0.15) is 16.7 Å². The van der Waals surface area contributed by atoms with E-state index in [2.05, 4.69) is 12.1 Å². The summed E-state index contributed by atoms with van der Waals surface area (Å²) in [4.78, 5) is 0. The van der Waals surface area contributed by atoms with Crippen LogP contribution >= 0.6 is 0 Å². The van der Waals surface area contributed by atoms with Crippen molar-refractivity contribution in [2.24, 2.45) is 5.73 Å². The third kappa shape index (κ3) is 3.93. The Kier molecular flexibility index (Phi) is 4.70. The monoisotopic (exact) mass is 254 g/mol. The number of hydrogen-bond donors (Lipinski definition) is 2. The van der Waals surface area contributed by atoms with Crippen molar-refractivity contribution < 1.29 is 4.74 Å².